The van der Waals surface area contributed by atoms with Gasteiger partial charge in [-0.2, -0.15) is 0 Å². The summed E-state index contributed by atoms with van der Waals surface area (Å²) < 4.78 is 2.06. The van der Waals surface area contributed by atoms with Crippen LogP contribution in [0.5, 0.6) is 0 Å². The number of hydrogen-bond acceptors (Lipinski definition) is 2. The molecule has 4 aromatic carbocycles. The smallest absolute Gasteiger partial charge is 0.148 e. The van der Waals surface area contributed by atoms with Gasteiger partial charge in [-0.3, -0.25) is 4.90 Å². The number of hydrogen-bond donors (Lipinski definition) is 0. The predicted molar refractivity (Wildman–Crippen MR) is 149 cm³/mol. The highest BCUT2D eigenvalue weighted by Crippen LogP contribution is 2.47. The van der Waals surface area contributed by atoms with Crippen LogP contribution in [0.25, 0.3) is 11.1 Å². The van der Waals surface area contributed by atoms with Gasteiger partial charge in [0.25, 0.3) is 0 Å². The molecule has 6 rings (SSSR count). The van der Waals surface area contributed by atoms with Crippen LogP contribution >= 0.6 is 31.9 Å². The van der Waals surface area contributed by atoms with Crippen molar-refractivity contribution in [3.05, 3.63) is 123 Å². The van der Waals surface area contributed by atoms with Crippen molar-refractivity contribution in [3.8, 4) is 0 Å². The van der Waals surface area contributed by atoms with Gasteiger partial charge in [-0.1, -0.05) is 79.9 Å². The molecule has 0 N–H and O–H groups in total. The lowest BCUT2D eigenvalue weighted by Gasteiger charge is -2.21. The van der Waals surface area contributed by atoms with Gasteiger partial charge in [-0.05, 0) is 67.1 Å². The lowest BCUT2D eigenvalue weighted by Crippen LogP contribution is -2.31. The Balaban J connectivity index is 1.65. The normalized spacial score (nSPS) is 15.6. The van der Waals surface area contributed by atoms with E-state index in [4.69, 9.17) is 9.98 Å². The van der Waals surface area contributed by atoms with Gasteiger partial charge in [0.1, 0.15) is 11.7 Å². The third-order valence-electron chi connectivity index (χ3n) is 6.01. The molecule has 2 aliphatic rings. The van der Waals surface area contributed by atoms with Gasteiger partial charge >= 0.3 is 0 Å². The highest BCUT2D eigenvalue weighted by molar-refractivity contribution is 9.10. The zero-order valence-corrected chi connectivity index (χ0v) is 21.5. The molecule has 0 saturated heterocycles. The van der Waals surface area contributed by atoms with E-state index in [9.17, 15) is 0 Å². The second-order valence-corrected chi connectivity index (χ2v) is 10.1. The van der Waals surface area contributed by atoms with E-state index >= 15 is 0 Å². The molecule has 0 atom stereocenters. The molecule has 0 fully saturated rings. The zero-order valence-electron chi connectivity index (χ0n) is 18.3. The van der Waals surface area contributed by atoms with Gasteiger partial charge in [0.05, 0.1) is 11.4 Å². The minimum absolute atomic E-state index is 0.872. The quantitative estimate of drug-likeness (QED) is 0.243. The molecule has 0 radical (unpaired) electrons. The van der Waals surface area contributed by atoms with Crippen LogP contribution in [-0.2, 0) is 0 Å². The number of nitrogens with zero attached hydrogens (tertiary/aromatic N) is 3. The van der Waals surface area contributed by atoms with Crippen molar-refractivity contribution in [1.29, 1.82) is 0 Å². The number of rotatable bonds is 3. The van der Waals surface area contributed by atoms with Crippen molar-refractivity contribution < 1.29 is 0 Å². The summed E-state index contributed by atoms with van der Waals surface area (Å²) in [4.78, 5) is 12.4. The molecule has 3 nitrogen and oxygen atoms in total. The molecular weight excluding hydrogens is 550 g/mol. The van der Waals surface area contributed by atoms with Crippen molar-refractivity contribution >= 4 is 71.7 Å². The van der Waals surface area contributed by atoms with Gasteiger partial charge in [0, 0.05) is 31.3 Å². The fourth-order valence-corrected chi connectivity index (χ4v) is 4.91. The fourth-order valence-electron chi connectivity index (χ4n) is 4.38. The second-order valence-electron chi connectivity index (χ2n) is 8.29. The van der Waals surface area contributed by atoms with Crippen LogP contribution in [0.3, 0.4) is 0 Å². The molecule has 0 saturated carbocycles. The maximum atomic E-state index is 5.19. The van der Waals surface area contributed by atoms with Crippen LogP contribution in [0.15, 0.2) is 116 Å². The van der Waals surface area contributed by atoms with E-state index in [0.29, 0.717) is 0 Å². The number of halogens is 2. The van der Waals surface area contributed by atoms with Gasteiger partial charge in [0.15, 0.2) is 0 Å². The summed E-state index contributed by atoms with van der Waals surface area (Å²) in [5, 5.41) is 0. The first-order chi connectivity index (χ1) is 16.6. The number of anilines is 1. The molecule has 0 amide bonds. The van der Waals surface area contributed by atoms with E-state index in [1.165, 1.54) is 5.56 Å². The summed E-state index contributed by atoms with van der Waals surface area (Å²) in [6, 6.07) is 33.4. The minimum atomic E-state index is 0.872. The van der Waals surface area contributed by atoms with Crippen LogP contribution in [-0.4, -0.2) is 11.7 Å². The fraction of sp³-hybridized carbons (Fsp3) is 0.0345. The van der Waals surface area contributed by atoms with Crippen molar-refractivity contribution in [3.63, 3.8) is 0 Å². The van der Waals surface area contributed by atoms with E-state index in [1.54, 1.807) is 0 Å². The average molecular weight is 569 g/mol. The Labute approximate surface area is 215 Å². The molecule has 2 aliphatic heterocycles. The number of amidine groups is 2. The Morgan fingerprint density at radius 3 is 2.06 bits per heavy atom. The standard InChI is InChI=1S/C29H19Br2N3/c1-18-6-8-19(9-7-18)26-27-24-4-2-3-5-25(24)33-29(27)34(23-16-12-21(31)13-17-23)28(26)32-22-14-10-20(30)11-15-22/h2-17H,1H3. The Morgan fingerprint density at radius 1 is 0.706 bits per heavy atom. The van der Waals surface area contributed by atoms with Crippen LogP contribution < -0.4 is 4.90 Å². The van der Waals surface area contributed by atoms with Crippen LogP contribution in [0.2, 0.25) is 0 Å². The third-order valence-corrected chi connectivity index (χ3v) is 7.06. The van der Waals surface area contributed by atoms with Gasteiger partial charge in [-0.15, -0.1) is 0 Å². The maximum absolute atomic E-state index is 5.19. The Bertz CT molecular complexity index is 1500. The van der Waals surface area contributed by atoms with E-state index in [2.05, 4.69) is 110 Å². The zero-order chi connectivity index (χ0) is 23.2. The maximum Gasteiger partial charge on any atom is 0.148 e. The summed E-state index contributed by atoms with van der Waals surface area (Å²) in [7, 11) is 0. The molecule has 2 heterocycles. The summed E-state index contributed by atoms with van der Waals surface area (Å²) in [5.74, 6) is 1.78. The third kappa shape index (κ3) is 3.65. The molecule has 34 heavy (non-hydrogen) atoms. The van der Waals surface area contributed by atoms with E-state index in [0.717, 1.165) is 60.0 Å². The van der Waals surface area contributed by atoms with Crippen molar-refractivity contribution in [2.75, 3.05) is 4.90 Å². The summed E-state index contributed by atoms with van der Waals surface area (Å²) in [5.41, 5.74) is 8.60. The van der Waals surface area contributed by atoms with Crippen molar-refractivity contribution in [2.24, 2.45) is 9.98 Å². The lowest BCUT2D eigenvalue weighted by molar-refractivity contribution is 1.38. The first-order valence-electron chi connectivity index (χ1n) is 11.0. The predicted octanol–water partition coefficient (Wildman–Crippen LogP) is 8.72. The van der Waals surface area contributed by atoms with Gasteiger partial charge in [-0.25, -0.2) is 9.98 Å². The largest absolute Gasteiger partial charge is 0.278 e. The number of para-hydroxylation sites is 1. The SMILES string of the molecule is Cc1ccc(C2=C3C(=Nc4ccccc43)N(c3ccc(Br)cc3)C2=Nc2ccc(Br)cc2)cc1. The van der Waals surface area contributed by atoms with Gasteiger partial charge in [0.2, 0.25) is 0 Å². The molecule has 164 valence electrons. The highest BCUT2D eigenvalue weighted by Gasteiger charge is 2.40. The van der Waals surface area contributed by atoms with Gasteiger partial charge < -0.3 is 0 Å². The van der Waals surface area contributed by atoms with E-state index < -0.39 is 0 Å². The number of aliphatic imine (C=N–C) groups is 2. The van der Waals surface area contributed by atoms with Crippen LogP contribution in [0.4, 0.5) is 17.1 Å². The summed E-state index contributed by atoms with van der Waals surface area (Å²) in [6.45, 7) is 2.11. The average Bonchev–Trinajstić information content (AvgIpc) is 3.36. The monoisotopic (exact) mass is 567 g/mol. The first-order valence-corrected chi connectivity index (χ1v) is 12.6. The van der Waals surface area contributed by atoms with Crippen molar-refractivity contribution in [1.82, 2.24) is 0 Å². The molecule has 4 aromatic rings. The Morgan fingerprint density at radius 2 is 1.35 bits per heavy atom. The Kier molecular flexibility index (Phi) is 5.31. The topological polar surface area (TPSA) is 28.0 Å². The molecule has 0 unspecified atom stereocenters. The summed E-state index contributed by atoms with van der Waals surface area (Å²) in [6.07, 6.45) is 0. The Hall–Kier alpha value is -3.28. The number of aryl methyl sites for hydroxylation is 1. The second kappa shape index (κ2) is 8.49. The van der Waals surface area contributed by atoms with Crippen LogP contribution in [0, 0.1) is 6.92 Å². The summed E-state index contributed by atoms with van der Waals surface area (Å²) >= 11 is 7.11. The molecule has 0 bridgehead atoms. The lowest BCUT2D eigenvalue weighted by atomic mass is 9.96. The first kappa shape index (κ1) is 21.3. The number of fused-ring (bicyclic) bond motifs is 3. The highest BCUT2D eigenvalue weighted by atomic mass is 79.9. The van der Waals surface area contributed by atoms with Crippen molar-refractivity contribution in [2.45, 2.75) is 6.92 Å². The van der Waals surface area contributed by atoms with E-state index in [1.807, 2.05) is 30.3 Å². The molecule has 5 heteroatoms. The molecule has 0 aromatic heterocycles. The number of benzene rings is 4. The van der Waals surface area contributed by atoms with Crippen LogP contribution in [0.1, 0.15) is 16.7 Å². The molecular formula is C29H19Br2N3. The molecule has 0 spiro atoms. The van der Waals surface area contributed by atoms with E-state index in [-0.39, 0.29) is 0 Å². The minimum Gasteiger partial charge on any atom is -0.278 e. The molecule has 0 aliphatic carbocycles.